The van der Waals surface area contributed by atoms with E-state index in [1.165, 1.54) is 0 Å². The zero-order valence-electron chi connectivity index (χ0n) is 7.34. The summed E-state index contributed by atoms with van der Waals surface area (Å²) in [7, 11) is 0. The lowest BCUT2D eigenvalue weighted by molar-refractivity contribution is 0.0695. The van der Waals surface area contributed by atoms with Gasteiger partial charge in [-0.15, -0.1) is 0 Å². The summed E-state index contributed by atoms with van der Waals surface area (Å²) in [5.74, 6) is -1.64. The predicted octanol–water partition coefficient (Wildman–Crippen LogP) is 0.0647. The molecule has 0 aliphatic rings. The molecule has 0 bridgehead atoms. The second-order valence-electron chi connectivity index (χ2n) is 2.58. The highest BCUT2D eigenvalue weighted by Crippen LogP contribution is 2.27. The number of hydrogen-bond donors (Lipinski definition) is 4. The summed E-state index contributed by atoms with van der Waals surface area (Å²) in [6, 6.07) is 2.13. The smallest absolute Gasteiger partial charge is 0.357 e. The topological polar surface area (TPSA) is 136 Å². The van der Waals surface area contributed by atoms with E-state index in [2.05, 4.69) is 4.18 Å². The van der Waals surface area contributed by atoms with Gasteiger partial charge in [-0.3, -0.25) is 4.55 Å². The summed E-state index contributed by atoms with van der Waals surface area (Å²) in [5.41, 5.74) is 10.6. The Hall–Kier alpha value is -1.80. The van der Waals surface area contributed by atoms with Gasteiger partial charge in [0.15, 0.2) is 5.75 Å². The molecule has 0 heterocycles. The van der Waals surface area contributed by atoms with Gasteiger partial charge < -0.3 is 20.8 Å². The molecule has 0 amide bonds. The van der Waals surface area contributed by atoms with Gasteiger partial charge >= 0.3 is 17.3 Å². The van der Waals surface area contributed by atoms with Gasteiger partial charge in [-0.25, -0.2) is 4.79 Å². The van der Waals surface area contributed by atoms with Crippen LogP contribution in [-0.4, -0.2) is 19.8 Å². The molecule has 0 fully saturated rings. The van der Waals surface area contributed by atoms with E-state index in [-0.39, 0.29) is 22.7 Å². The van der Waals surface area contributed by atoms with Crippen LogP contribution >= 0.6 is 0 Å². The molecule has 0 saturated carbocycles. The van der Waals surface area contributed by atoms with Crippen LogP contribution in [-0.2, 0) is 11.4 Å². The van der Waals surface area contributed by atoms with Gasteiger partial charge in [0.1, 0.15) is 5.56 Å². The molecule has 0 spiro atoms. The maximum absolute atomic E-state index is 10.7. The predicted molar refractivity (Wildman–Crippen MR) is 53.6 cm³/mol. The van der Waals surface area contributed by atoms with Crippen LogP contribution in [0.3, 0.4) is 0 Å². The summed E-state index contributed by atoms with van der Waals surface area (Å²) >= 11 is -2.62. The van der Waals surface area contributed by atoms with Gasteiger partial charge in [-0.05, 0) is 6.07 Å². The van der Waals surface area contributed by atoms with E-state index in [1.54, 1.807) is 0 Å². The Balaban J connectivity index is 3.28. The van der Waals surface area contributed by atoms with Crippen LogP contribution in [0.5, 0.6) is 5.75 Å². The molecule has 0 saturated heterocycles. The normalized spacial score (nSPS) is 12.1. The van der Waals surface area contributed by atoms with Gasteiger partial charge in [0, 0.05) is 6.07 Å². The van der Waals surface area contributed by atoms with Crippen molar-refractivity contribution in [1.82, 2.24) is 0 Å². The largest absolute Gasteiger partial charge is 0.478 e. The molecular formula is C7H8N2O5S. The molecule has 0 aliphatic heterocycles. The Bertz CT molecular complexity index is 434. The molecule has 0 aliphatic carbocycles. The van der Waals surface area contributed by atoms with Crippen molar-refractivity contribution in [3.63, 3.8) is 0 Å². The first-order valence-corrected chi connectivity index (χ1v) is 4.66. The Labute approximate surface area is 87.1 Å². The summed E-state index contributed by atoms with van der Waals surface area (Å²) < 4.78 is 23.2. The lowest BCUT2D eigenvalue weighted by Gasteiger charge is -2.07. The zero-order chi connectivity index (χ0) is 11.6. The molecule has 1 aromatic carbocycles. The number of carboxylic acids is 1. The third-order valence-corrected chi connectivity index (χ3v) is 1.90. The van der Waals surface area contributed by atoms with E-state index >= 15 is 0 Å². The molecule has 1 unspecified atom stereocenters. The maximum atomic E-state index is 10.7. The van der Waals surface area contributed by atoms with E-state index in [0.29, 0.717) is 0 Å². The molecule has 82 valence electrons. The van der Waals surface area contributed by atoms with Crippen molar-refractivity contribution in [2.24, 2.45) is 0 Å². The fourth-order valence-electron chi connectivity index (χ4n) is 0.925. The molecule has 0 aromatic heterocycles. The van der Waals surface area contributed by atoms with E-state index in [4.69, 9.17) is 21.1 Å². The molecule has 0 radical (unpaired) electrons. The van der Waals surface area contributed by atoms with E-state index in [0.717, 1.165) is 12.1 Å². The monoisotopic (exact) mass is 232 g/mol. The van der Waals surface area contributed by atoms with Crippen LogP contribution in [0.4, 0.5) is 11.4 Å². The lowest BCUT2D eigenvalue weighted by atomic mass is 10.1. The fourth-order valence-corrected chi connectivity index (χ4v) is 1.22. The van der Waals surface area contributed by atoms with Crippen LogP contribution in [0.25, 0.3) is 0 Å². The van der Waals surface area contributed by atoms with Crippen molar-refractivity contribution in [2.45, 2.75) is 0 Å². The van der Waals surface area contributed by atoms with Gasteiger partial charge in [-0.2, -0.15) is 4.21 Å². The average molecular weight is 232 g/mol. The van der Waals surface area contributed by atoms with Crippen molar-refractivity contribution >= 4 is 28.7 Å². The second kappa shape index (κ2) is 4.15. The van der Waals surface area contributed by atoms with E-state index in [9.17, 15) is 9.00 Å². The summed E-state index contributed by atoms with van der Waals surface area (Å²) in [4.78, 5) is 10.7. The van der Waals surface area contributed by atoms with Crippen LogP contribution in [0.2, 0.25) is 0 Å². The van der Waals surface area contributed by atoms with Crippen molar-refractivity contribution in [3.05, 3.63) is 17.7 Å². The van der Waals surface area contributed by atoms with E-state index < -0.39 is 17.3 Å². The minimum Gasteiger partial charge on any atom is -0.478 e. The molecular weight excluding hydrogens is 224 g/mol. The zero-order valence-corrected chi connectivity index (χ0v) is 8.15. The standard InChI is InChI=1S/C7H8N2O5S/c8-4-1-3(7(10)11)6(2-5(4)9)14-15(12)13/h1-2H,8-9H2,(H,10,11)(H,12,13). The molecule has 15 heavy (non-hydrogen) atoms. The van der Waals surface area contributed by atoms with Crippen molar-refractivity contribution in [2.75, 3.05) is 11.5 Å². The number of nitrogens with two attached hydrogens (primary N) is 2. The SMILES string of the molecule is Nc1cc(OS(=O)O)c(C(=O)O)cc1N. The molecule has 6 N–H and O–H groups in total. The highest BCUT2D eigenvalue weighted by Gasteiger charge is 2.15. The van der Waals surface area contributed by atoms with Crippen molar-refractivity contribution in [1.29, 1.82) is 0 Å². The number of carboxylic acid groups (broad SMARTS) is 1. The number of rotatable bonds is 3. The first-order chi connectivity index (χ1) is 6.91. The van der Waals surface area contributed by atoms with Gasteiger partial charge in [0.25, 0.3) is 0 Å². The van der Waals surface area contributed by atoms with Crippen LogP contribution in [0.15, 0.2) is 12.1 Å². The van der Waals surface area contributed by atoms with Crippen molar-refractivity contribution < 1.29 is 22.8 Å². The van der Waals surface area contributed by atoms with Gasteiger partial charge in [0.2, 0.25) is 0 Å². The number of anilines is 2. The molecule has 8 heteroatoms. The number of carbonyl (C=O) groups is 1. The molecule has 1 aromatic rings. The Morgan fingerprint density at radius 1 is 1.33 bits per heavy atom. The van der Waals surface area contributed by atoms with Gasteiger partial charge in [0.05, 0.1) is 11.4 Å². The maximum Gasteiger partial charge on any atom is 0.357 e. The Kier molecular flexibility index (Phi) is 3.12. The Morgan fingerprint density at radius 3 is 2.33 bits per heavy atom. The molecule has 1 rings (SSSR count). The molecule has 1 atom stereocenters. The minimum atomic E-state index is -2.62. The van der Waals surface area contributed by atoms with Crippen molar-refractivity contribution in [3.8, 4) is 5.75 Å². The van der Waals surface area contributed by atoms with Crippen LogP contribution in [0, 0.1) is 0 Å². The quantitative estimate of drug-likeness (QED) is 0.427. The lowest BCUT2D eigenvalue weighted by Crippen LogP contribution is -2.07. The average Bonchev–Trinajstić information content (AvgIpc) is 2.09. The first kappa shape index (κ1) is 11.3. The Morgan fingerprint density at radius 2 is 1.87 bits per heavy atom. The third-order valence-electron chi connectivity index (χ3n) is 1.58. The molecule has 7 nitrogen and oxygen atoms in total. The van der Waals surface area contributed by atoms with Crippen LogP contribution in [0.1, 0.15) is 10.4 Å². The number of aromatic carboxylic acids is 1. The number of hydrogen-bond acceptors (Lipinski definition) is 5. The summed E-state index contributed by atoms with van der Waals surface area (Å²) in [6.45, 7) is 0. The third kappa shape index (κ3) is 2.58. The number of benzene rings is 1. The van der Waals surface area contributed by atoms with Gasteiger partial charge in [-0.1, -0.05) is 0 Å². The summed E-state index contributed by atoms with van der Waals surface area (Å²) in [6.07, 6.45) is 0. The number of nitrogen functional groups attached to an aromatic ring is 2. The minimum absolute atomic E-state index is 0.0588. The summed E-state index contributed by atoms with van der Waals surface area (Å²) in [5, 5.41) is 8.74. The highest BCUT2D eigenvalue weighted by atomic mass is 32.2. The van der Waals surface area contributed by atoms with Crippen LogP contribution < -0.4 is 15.7 Å². The van der Waals surface area contributed by atoms with E-state index in [1.807, 2.05) is 0 Å². The second-order valence-corrected chi connectivity index (χ2v) is 3.18. The first-order valence-electron chi connectivity index (χ1n) is 3.63. The fraction of sp³-hybridized carbons (Fsp3) is 0. The highest BCUT2D eigenvalue weighted by molar-refractivity contribution is 7.74.